The summed E-state index contributed by atoms with van der Waals surface area (Å²) < 4.78 is 45.9. The van der Waals surface area contributed by atoms with Crippen LogP contribution in [0.5, 0.6) is 0 Å². The summed E-state index contributed by atoms with van der Waals surface area (Å²) in [5, 5.41) is 6.97. The molecule has 0 atom stereocenters. The normalized spacial score (nSPS) is 18.3. The molecule has 4 rings (SSSR count). The third-order valence-corrected chi connectivity index (χ3v) is 6.97. The number of rotatable bonds is 5. The maximum Gasteiger partial charge on any atom is 0.416 e. The zero-order chi connectivity index (χ0) is 27.0. The number of nitrogens with zero attached hydrogens (tertiary/aromatic N) is 4. The quantitative estimate of drug-likeness (QED) is 0.568. The van der Waals surface area contributed by atoms with Crippen molar-refractivity contribution in [1.82, 2.24) is 19.6 Å². The van der Waals surface area contributed by atoms with Gasteiger partial charge in [0, 0.05) is 44.5 Å². The van der Waals surface area contributed by atoms with Crippen LogP contribution in [0.4, 0.5) is 23.7 Å². The Bertz CT molecular complexity index is 1150. The summed E-state index contributed by atoms with van der Waals surface area (Å²) in [6.07, 6.45) is 0.683. The van der Waals surface area contributed by atoms with E-state index in [0.29, 0.717) is 45.6 Å². The Morgan fingerprint density at radius 1 is 1.14 bits per heavy atom. The Hall–Kier alpha value is -2.79. The van der Waals surface area contributed by atoms with Gasteiger partial charge in [0.05, 0.1) is 22.5 Å². The van der Waals surface area contributed by atoms with Crippen molar-refractivity contribution in [2.45, 2.75) is 63.9 Å². The van der Waals surface area contributed by atoms with E-state index in [1.807, 2.05) is 27.0 Å². The van der Waals surface area contributed by atoms with Crippen LogP contribution in [0.3, 0.4) is 0 Å². The molecule has 2 aromatic rings. The first kappa shape index (κ1) is 27.3. The van der Waals surface area contributed by atoms with E-state index in [-0.39, 0.29) is 22.7 Å². The van der Waals surface area contributed by atoms with Crippen LogP contribution in [0.2, 0.25) is 5.02 Å². The molecule has 1 aliphatic heterocycles. The predicted octanol–water partition coefficient (Wildman–Crippen LogP) is 5.13. The van der Waals surface area contributed by atoms with Gasteiger partial charge in [0.25, 0.3) is 5.91 Å². The second-order valence-corrected chi connectivity index (χ2v) is 11.0. The lowest BCUT2D eigenvalue weighted by atomic mass is 9.76. The number of carbonyl (C=O) groups excluding carboxylic acids is 2. The van der Waals surface area contributed by atoms with Gasteiger partial charge in [-0.15, -0.1) is 0 Å². The van der Waals surface area contributed by atoms with E-state index >= 15 is 0 Å². The molecular weight excluding hydrogens is 511 g/mol. The van der Waals surface area contributed by atoms with Crippen molar-refractivity contribution < 1.29 is 27.5 Å². The molecule has 0 unspecified atom stereocenters. The number of carbonyl (C=O) groups is 2. The number of hydrogen-bond acceptors (Lipinski definition) is 5. The molecule has 1 N–H and O–H groups in total. The fourth-order valence-corrected chi connectivity index (χ4v) is 4.68. The van der Waals surface area contributed by atoms with Crippen molar-refractivity contribution in [2.24, 2.45) is 0 Å². The summed E-state index contributed by atoms with van der Waals surface area (Å²) in [6.45, 7) is 8.62. The van der Waals surface area contributed by atoms with Gasteiger partial charge in [-0.1, -0.05) is 11.6 Å². The SMILES string of the molecule is CC(C)(C)OC(=O)N1CCN(Cc2cnn(C3(C(=O)Nc4ccc(C(F)(F)F)cc4Cl)CCC3)c2)CC1. The highest BCUT2D eigenvalue weighted by molar-refractivity contribution is 6.33. The molecular formula is C25H31ClF3N5O3. The van der Waals surface area contributed by atoms with Crippen LogP contribution in [0.1, 0.15) is 51.2 Å². The molecule has 2 aliphatic rings. The van der Waals surface area contributed by atoms with Crippen LogP contribution < -0.4 is 5.32 Å². The topological polar surface area (TPSA) is 79.7 Å². The smallest absolute Gasteiger partial charge is 0.416 e. The molecule has 37 heavy (non-hydrogen) atoms. The summed E-state index contributed by atoms with van der Waals surface area (Å²) in [4.78, 5) is 29.4. The number of benzene rings is 1. The van der Waals surface area contributed by atoms with E-state index in [9.17, 15) is 22.8 Å². The Balaban J connectivity index is 1.37. The lowest BCUT2D eigenvalue weighted by Crippen LogP contribution is -2.51. The minimum absolute atomic E-state index is 0.126. The number of halogens is 4. The van der Waals surface area contributed by atoms with Crippen LogP contribution in [0.15, 0.2) is 30.6 Å². The van der Waals surface area contributed by atoms with E-state index in [1.165, 1.54) is 6.07 Å². The molecule has 1 saturated carbocycles. The van der Waals surface area contributed by atoms with Gasteiger partial charge in [-0.2, -0.15) is 18.3 Å². The number of aromatic nitrogens is 2. The third-order valence-electron chi connectivity index (χ3n) is 6.65. The number of hydrogen-bond donors (Lipinski definition) is 1. The number of piperazine rings is 1. The maximum absolute atomic E-state index is 13.2. The molecule has 12 heteroatoms. The summed E-state index contributed by atoms with van der Waals surface area (Å²) in [5.74, 6) is -0.360. The van der Waals surface area contributed by atoms with E-state index in [4.69, 9.17) is 16.3 Å². The van der Waals surface area contributed by atoms with Crippen molar-refractivity contribution in [3.05, 3.63) is 46.7 Å². The predicted molar refractivity (Wildman–Crippen MR) is 132 cm³/mol. The zero-order valence-electron chi connectivity index (χ0n) is 21.1. The second kappa shape index (κ2) is 10.2. The first-order valence-electron chi connectivity index (χ1n) is 12.2. The summed E-state index contributed by atoms with van der Waals surface area (Å²) in [7, 11) is 0. The van der Waals surface area contributed by atoms with Crippen molar-refractivity contribution in [1.29, 1.82) is 0 Å². The van der Waals surface area contributed by atoms with Crippen molar-refractivity contribution in [2.75, 3.05) is 31.5 Å². The Morgan fingerprint density at radius 3 is 2.35 bits per heavy atom. The van der Waals surface area contributed by atoms with Crippen molar-refractivity contribution in [3.8, 4) is 0 Å². The molecule has 0 bridgehead atoms. The van der Waals surface area contributed by atoms with Gasteiger partial charge in [0.2, 0.25) is 0 Å². The molecule has 1 aromatic heterocycles. The number of alkyl halides is 3. The van der Waals surface area contributed by atoms with Crippen LogP contribution in [-0.4, -0.2) is 63.4 Å². The van der Waals surface area contributed by atoms with Gasteiger partial charge in [0.1, 0.15) is 11.1 Å². The minimum atomic E-state index is -4.52. The Morgan fingerprint density at radius 2 is 1.81 bits per heavy atom. The number of anilines is 1. The van der Waals surface area contributed by atoms with Gasteiger partial charge in [-0.05, 0) is 58.2 Å². The average molecular weight is 542 g/mol. The van der Waals surface area contributed by atoms with E-state index in [1.54, 1.807) is 15.8 Å². The lowest BCUT2D eigenvalue weighted by Gasteiger charge is -2.40. The van der Waals surface area contributed by atoms with Crippen molar-refractivity contribution in [3.63, 3.8) is 0 Å². The van der Waals surface area contributed by atoms with Gasteiger partial charge < -0.3 is 15.0 Å². The fourth-order valence-electron chi connectivity index (χ4n) is 4.45. The first-order chi connectivity index (χ1) is 17.3. The number of nitrogens with one attached hydrogen (secondary N) is 1. The van der Waals surface area contributed by atoms with Crippen LogP contribution in [0, 0.1) is 0 Å². The van der Waals surface area contributed by atoms with Gasteiger partial charge in [-0.25, -0.2) is 4.79 Å². The highest BCUT2D eigenvalue weighted by Gasteiger charge is 2.47. The molecule has 1 aliphatic carbocycles. The van der Waals surface area contributed by atoms with E-state index in [0.717, 1.165) is 24.1 Å². The summed E-state index contributed by atoms with van der Waals surface area (Å²) in [6, 6.07) is 2.86. The monoisotopic (exact) mass is 541 g/mol. The highest BCUT2D eigenvalue weighted by Crippen LogP contribution is 2.41. The molecule has 2 fully saturated rings. The molecule has 2 amide bonds. The zero-order valence-corrected chi connectivity index (χ0v) is 21.8. The van der Waals surface area contributed by atoms with E-state index < -0.39 is 22.9 Å². The summed E-state index contributed by atoms with van der Waals surface area (Å²) in [5.41, 5.74) is -1.28. The fraction of sp³-hybridized carbons (Fsp3) is 0.560. The van der Waals surface area contributed by atoms with E-state index in [2.05, 4.69) is 15.3 Å². The summed E-state index contributed by atoms with van der Waals surface area (Å²) >= 11 is 6.04. The largest absolute Gasteiger partial charge is 0.444 e. The number of amides is 2. The second-order valence-electron chi connectivity index (χ2n) is 10.6. The minimum Gasteiger partial charge on any atom is -0.444 e. The molecule has 0 spiro atoms. The van der Waals surface area contributed by atoms with Gasteiger partial charge in [0.15, 0.2) is 0 Å². The lowest BCUT2D eigenvalue weighted by molar-refractivity contribution is -0.137. The molecule has 202 valence electrons. The molecule has 8 nitrogen and oxygen atoms in total. The van der Waals surface area contributed by atoms with Gasteiger partial charge >= 0.3 is 12.3 Å². The van der Waals surface area contributed by atoms with Crippen LogP contribution in [-0.2, 0) is 27.8 Å². The molecule has 1 aromatic carbocycles. The third kappa shape index (κ3) is 6.20. The number of ether oxygens (including phenoxy) is 1. The van der Waals surface area contributed by atoms with Crippen LogP contribution >= 0.6 is 11.6 Å². The first-order valence-corrected chi connectivity index (χ1v) is 12.6. The Kier molecular flexibility index (Phi) is 7.49. The Labute approximate surface area is 218 Å². The standard InChI is InChI=1S/C25H31ClF3N5O3/c1-23(2,3)37-22(36)33-11-9-32(10-12-33)15-17-14-30-34(16-17)24(7-4-8-24)21(35)31-20-6-5-18(13-19(20)26)25(27,28)29/h5-6,13-14,16H,4,7-12,15H2,1-3H3,(H,31,35). The van der Waals surface area contributed by atoms with Gasteiger partial charge in [-0.3, -0.25) is 14.4 Å². The van der Waals surface area contributed by atoms with Crippen LogP contribution in [0.25, 0.3) is 0 Å². The molecule has 2 heterocycles. The average Bonchev–Trinajstić information content (AvgIpc) is 3.21. The van der Waals surface area contributed by atoms with Crippen molar-refractivity contribution >= 4 is 29.3 Å². The molecule has 1 saturated heterocycles. The maximum atomic E-state index is 13.2. The highest BCUT2D eigenvalue weighted by atomic mass is 35.5. The molecule has 0 radical (unpaired) electrons.